The number of carboxylic acid groups (broad SMARTS) is 1. The minimum Gasteiger partial charge on any atom is -0.480 e. The van der Waals surface area contributed by atoms with Gasteiger partial charge in [-0.3, -0.25) is 4.99 Å². The van der Waals surface area contributed by atoms with Crippen molar-refractivity contribution in [1.29, 1.82) is 0 Å². The lowest BCUT2D eigenvalue weighted by atomic mass is 10.0. The Labute approximate surface area is 147 Å². The first-order valence-electron chi connectivity index (χ1n) is 8.19. The third-order valence-corrected chi connectivity index (χ3v) is 3.94. The minimum absolute atomic E-state index is 0.360. The van der Waals surface area contributed by atoms with Crippen LogP contribution in [0.4, 0.5) is 0 Å². The van der Waals surface area contributed by atoms with E-state index in [0.29, 0.717) is 12.1 Å². The predicted molar refractivity (Wildman–Crippen MR) is 100 cm³/mol. The Hall–Kier alpha value is -3.20. The molecule has 1 atom stereocenters. The van der Waals surface area contributed by atoms with Gasteiger partial charge >= 0.3 is 5.97 Å². The van der Waals surface area contributed by atoms with Crippen LogP contribution in [0, 0.1) is 0 Å². The van der Waals surface area contributed by atoms with Crippen LogP contribution in [0.15, 0.2) is 96.0 Å². The molecule has 0 heterocycles. The molecule has 0 saturated carbocycles. The first kappa shape index (κ1) is 16.7. The Morgan fingerprint density at radius 2 is 1.20 bits per heavy atom. The van der Waals surface area contributed by atoms with Gasteiger partial charge in [0, 0.05) is 17.5 Å². The summed E-state index contributed by atoms with van der Waals surface area (Å²) < 4.78 is 0. The topological polar surface area (TPSA) is 49.7 Å². The van der Waals surface area contributed by atoms with Gasteiger partial charge < -0.3 is 5.11 Å². The summed E-state index contributed by atoms with van der Waals surface area (Å²) in [6.07, 6.45) is 0.360. The largest absolute Gasteiger partial charge is 0.480 e. The number of hydrogen-bond donors (Lipinski definition) is 1. The van der Waals surface area contributed by atoms with E-state index >= 15 is 0 Å². The average molecular weight is 329 g/mol. The van der Waals surface area contributed by atoms with Crippen molar-refractivity contribution in [3.05, 3.63) is 108 Å². The zero-order valence-electron chi connectivity index (χ0n) is 13.7. The number of carbonyl (C=O) groups is 1. The summed E-state index contributed by atoms with van der Waals surface area (Å²) in [4.78, 5) is 16.4. The minimum atomic E-state index is -0.923. The van der Waals surface area contributed by atoms with E-state index in [-0.39, 0.29) is 0 Å². The summed E-state index contributed by atoms with van der Waals surface area (Å²) in [6, 6.07) is 28.2. The van der Waals surface area contributed by atoms with E-state index in [9.17, 15) is 9.90 Å². The van der Waals surface area contributed by atoms with Gasteiger partial charge in [0.05, 0.1) is 5.71 Å². The van der Waals surface area contributed by atoms with E-state index < -0.39 is 12.0 Å². The average Bonchev–Trinajstić information content (AvgIpc) is 2.67. The summed E-state index contributed by atoms with van der Waals surface area (Å²) in [5.41, 5.74) is 3.48. The smallest absolute Gasteiger partial charge is 0.328 e. The fourth-order valence-corrected chi connectivity index (χ4v) is 2.69. The first-order valence-corrected chi connectivity index (χ1v) is 8.19. The van der Waals surface area contributed by atoms with Crippen molar-refractivity contribution in [1.82, 2.24) is 0 Å². The number of nitrogens with zero attached hydrogens (tertiary/aromatic N) is 1. The van der Waals surface area contributed by atoms with Gasteiger partial charge in [-0.15, -0.1) is 0 Å². The quantitative estimate of drug-likeness (QED) is 0.688. The fraction of sp³-hybridized carbons (Fsp3) is 0.0909. The van der Waals surface area contributed by atoms with Crippen molar-refractivity contribution in [3.8, 4) is 0 Å². The maximum Gasteiger partial charge on any atom is 0.328 e. The zero-order chi connectivity index (χ0) is 17.5. The molecule has 0 aliphatic rings. The molecule has 0 radical (unpaired) electrons. The maximum atomic E-state index is 11.8. The van der Waals surface area contributed by atoms with Crippen LogP contribution in [0.2, 0.25) is 0 Å². The van der Waals surface area contributed by atoms with Crippen LogP contribution >= 0.6 is 0 Å². The van der Waals surface area contributed by atoms with Gasteiger partial charge in [0.15, 0.2) is 6.04 Å². The Morgan fingerprint density at radius 1 is 0.760 bits per heavy atom. The Balaban J connectivity index is 2.02. The van der Waals surface area contributed by atoms with Gasteiger partial charge in [-0.05, 0) is 5.56 Å². The molecule has 0 amide bonds. The van der Waals surface area contributed by atoms with Crippen molar-refractivity contribution in [2.45, 2.75) is 12.5 Å². The zero-order valence-corrected chi connectivity index (χ0v) is 13.7. The number of aliphatic carboxylic acids is 1. The van der Waals surface area contributed by atoms with E-state index in [0.717, 1.165) is 16.7 Å². The monoisotopic (exact) mass is 329 g/mol. The van der Waals surface area contributed by atoms with E-state index in [1.165, 1.54) is 0 Å². The van der Waals surface area contributed by atoms with Gasteiger partial charge in [0.25, 0.3) is 0 Å². The fourth-order valence-electron chi connectivity index (χ4n) is 2.69. The van der Waals surface area contributed by atoms with Crippen molar-refractivity contribution in [2.75, 3.05) is 0 Å². The van der Waals surface area contributed by atoms with Crippen LogP contribution in [0.5, 0.6) is 0 Å². The lowest BCUT2D eigenvalue weighted by Crippen LogP contribution is -2.23. The molecule has 124 valence electrons. The van der Waals surface area contributed by atoms with E-state index in [4.69, 9.17) is 0 Å². The molecule has 0 aromatic heterocycles. The normalized spacial score (nSPS) is 11.5. The second kappa shape index (κ2) is 8.06. The second-order valence-electron chi connectivity index (χ2n) is 5.75. The molecule has 0 spiro atoms. The summed E-state index contributed by atoms with van der Waals surface area (Å²) >= 11 is 0. The second-order valence-corrected chi connectivity index (χ2v) is 5.75. The van der Waals surface area contributed by atoms with Crippen molar-refractivity contribution < 1.29 is 9.90 Å². The van der Waals surface area contributed by atoms with E-state index in [1.807, 2.05) is 91.0 Å². The van der Waals surface area contributed by atoms with Gasteiger partial charge in [-0.1, -0.05) is 91.0 Å². The number of rotatable bonds is 6. The summed E-state index contributed by atoms with van der Waals surface area (Å²) in [5, 5.41) is 9.67. The van der Waals surface area contributed by atoms with Crippen LogP contribution in [0.3, 0.4) is 0 Å². The van der Waals surface area contributed by atoms with Gasteiger partial charge in [0.1, 0.15) is 0 Å². The highest BCUT2D eigenvalue weighted by atomic mass is 16.4. The molecule has 1 N–H and O–H groups in total. The Kier molecular flexibility index (Phi) is 5.37. The molecular formula is C22H19NO2. The van der Waals surface area contributed by atoms with Crippen LogP contribution in [-0.2, 0) is 11.2 Å². The van der Waals surface area contributed by atoms with Gasteiger partial charge in [0.2, 0.25) is 0 Å². The molecule has 0 unspecified atom stereocenters. The summed E-state index contributed by atoms with van der Waals surface area (Å²) in [5.74, 6) is -0.923. The molecule has 3 aromatic carbocycles. The summed E-state index contributed by atoms with van der Waals surface area (Å²) in [7, 11) is 0. The SMILES string of the molecule is O=C(O)[C@H](Cc1ccccc1)N=C(c1ccccc1)c1ccccc1. The first-order chi connectivity index (χ1) is 12.2. The van der Waals surface area contributed by atoms with E-state index in [1.54, 1.807) is 0 Å². The highest BCUT2D eigenvalue weighted by Crippen LogP contribution is 2.14. The number of benzene rings is 3. The molecule has 3 aromatic rings. The molecule has 3 nitrogen and oxygen atoms in total. The predicted octanol–water partition coefficient (Wildman–Crippen LogP) is 4.22. The Bertz CT molecular complexity index is 801. The number of aliphatic imine (C=N–C) groups is 1. The number of carboxylic acids is 1. The number of hydrogen-bond acceptors (Lipinski definition) is 2. The molecule has 3 heteroatoms. The van der Waals surface area contributed by atoms with Crippen LogP contribution in [-0.4, -0.2) is 22.8 Å². The van der Waals surface area contributed by atoms with Crippen molar-refractivity contribution in [3.63, 3.8) is 0 Å². The highest BCUT2D eigenvalue weighted by Gasteiger charge is 2.19. The standard InChI is InChI=1S/C22H19NO2/c24-22(25)20(16-17-10-4-1-5-11-17)23-21(18-12-6-2-7-13-18)19-14-8-3-9-15-19/h1-15,20H,16H2,(H,24,25)/t20-/m0/s1. The third-order valence-electron chi connectivity index (χ3n) is 3.94. The lowest BCUT2D eigenvalue weighted by molar-refractivity contribution is -0.138. The van der Waals surface area contributed by atoms with Crippen molar-refractivity contribution in [2.24, 2.45) is 4.99 Å². The third kappa shape index (κ3) is 4.42. The lowest BCUT2D eigenvalue weighted by Gasteiger charge is -2.13. The Morgan fingerprint density at radius 3 is 1.64 bits per heavy atom. The molecule has 0 bridgehead atoms. The van der Waals surface area contributed by atoms with Gasteiger partial charge in [-0.2, -0.15) is 0 Å². The van der Waals surface area contributed by atoms with E-state index in [2.05, 4.69) is 4.99 Å². The molecule has 25 heavy (non-hydrogen) atoms. The molecule has 0 saturated heterocycles. The summed E-state index contributed by atoms with van der Waals surface area (Å²) in [6.45, 7) is 0. The highest BCUT2D eigenvalue weighted by molar-refractivity contribution is 6.13. The maximum absolute atomic E-state index is 11.8. The molecular weight excluding hydrogens is 310 g/mol. The molecule has 3 rings (SSSR count). The van der Waals surface area contributed by atoms with Crippen molar-refractivity contribution >= 4 is 11.7 Å². The molecule has 0 fully saturated rings. The molecule has 0 aliphatic carbocycles. The van der Waals surface area contributed by atoms with Crippen LogP contribution in [0.25, 0.3) is 0 Å². The molecule has 0 aliphatic heterocycles. The van der Waals surface area contributed by atoms with Gasteiger partial charge in [-0.25, -0.2) is 4.79 Å². The van der Waals surface area contributed by atoms with Crippen LogP contribution in [0.1, 0.15) is 16.7 Å². The van der Waals surface area contributed by atoms with Crippen LogP contribution < -0.4 is 0 Å².